The maximum atomic E-state index is 14.8. The largest absolute Gasteiger partial charge is 0.444 e. The molecule has 2 aliphatic rings. The summed E-state index contributed by atoms with van der Waals surface area (Å²) in [5.74, 6) is 0.116. The van der Waals surface area contributed by atoms with Crippen molar-refractivity contribution in [3.05, 3.63) is 37.9 Å². The Balaban J connectivity index is 1.82. The number of carbonyl (C=O) groups is 1. The molecular weight excluding hydrogens is 614 g/mol. The minimum Gasteiger partial charge on any atom is -0.444 e. The van der Waals surface area contributed by atoms with E-state index in [0.717, 1.165) is 20.9 Å². The SMILES string of the molecule is C=CC[C@@H]1[C@@H]2CC[C@H](CN1c1nc(Cl)nc3c(F)cc(I)c(Br)c13)N2C(=O)OC(C)(C)C. The lowest BCUT2D eigenvalue weighted by Crippen LogP contribution is -2.62. The summed E-state index contributed by atoms with van der Waals surface area (Å²) in [6.07, 6.45) is 3.88. The first kappa shape index (κ1) is 23.9. The van der Waals surface area contributed by atoms with Crippen molar-refractivity contribution in [1.82, 2.24) is 14.9 Å². The second-order valence-electron chi connectivity index (χ2n) is 9.12. The van der Waals surface area contributed by atoms with Crippen LogP contribution in [0, 0.1) is 9.39 Å². The second-order valence-corrected chi connectivity index (χ2v) is 11.4. The van der Waals surface area contributed by atoms with Crippen LogP contribution in [0.4, 0.5) is 15.0 Å². The molecule has 0 aliphatic carbocycles. The van der Waals surface area contributed by atoms with Crippen LogP contribution in [0.5, 0.6) is 0 Å². The number of halogens is 4. The molecule has 2 fully saturated rings. The van der Waals surface area contributed by atoms with Crippen LogP contribution in [0.1, 0.15) is 40.0 Å². The van der Waals surface area contributed by atoms with Crippen molar-refractivity contribution >= 4 is 72.9 Å². The topological polar surface area (TPSA) is 58.6 Å². The fourth-order valence-corrected chi connectivity index (χ4v) is 5.89. The average Bonchev–Trinajstić information content (AvgIpc) is 3.02. The number of amides is 1. The lowest BCUT2D eigenvalue weighted by molar-refractivity contribution is 0.00767. The van der Waals surface area contributed by atoms with E-state index in [1.54, 1.807) is 0 Å². The van der Waals surface area contributed by atoms with Gasteiger partial charge in [0.25, 0.3) is 0 Å². The van der Waals surface area contributed by atoms with Crippen molar-refractivity contribution < 1.29 is 13.9 Å². The molecule has 1 aromatic heterocycles. The first-order chi connectivity index (χ1) is 15.0. The van der Waals surface area contributed by atoms with Crippen LogP contribution < -0.4 is 4.90 Å². The number of aromatic nitrogens is 2. The van der Waals surface area contributed by atoms with E-state index in [1.807, 2.05) is 31.7 Å². The van der Waals surface area contributed by atoms with Gasteiger partial charge in [-0.2, -0.15) is 4.98 Å². The quantitative estimate of drug-likeness (QED) is 0.171. The van der Waals surface area contributed by atoms with Crippen LogP contribution >= 0.6 is 50.1 Å². The van der Waals surface area contributed by atoms with Crippen LogP contribution in [0.2, 0.25) is 5.28 Å². The Bertz CT molecular complexity index is 1100. The minimum atomic E-state index is -0.572. The van der Waals surface area contributed by atoms with Gasteiger partial charge in [-0.3, -0.25) is 4.90 Å². The van der Waals surface area contributed by atoms with Gasteiger partial charge >= 0.3 is 6.09 Å². The molecule has 2 saturated heterocycles. The lowest BCUT2D eigenvalue weighted by Gasteiger charge is -2.47. The zero-order chi connectivity index (χ0) is 23.4. The summed E-state index contributed by atoms with van der Waals surface area (Å²) in [6.45, 7) is 10.1. The molecule has 3 atom stereocenters. The molecule has 172 valence electrons. The van der Waals surface area contributed by atoms with Gasteiger partial charge in [-0.15, -0.1) is 6.58 Å². The first-order valence-electron chi connectivity index (χ1n) is 10.4. The Kier molecular flexibility index (Phi) is 6.63. The highest BCUT2D eigenvalue weighted by Crippen LogP contribution is 2.43. The van der Waals surface area contributed by atoms with Gasteiger partial charge in [-0.25, -0.2) is 14.2 Å². The lowest BCUT2D eigenvalue weighted by atomic mass is 9.99. The fraction of sp³-hybridized carbons (Fsp3) is 0.500. The fourth-order valence-electron chi connectivity index (χ4n) is 4.70. The van der Waals surface area contributed by atoms with Crippen molar-refractivity contribution in [2.45, 2.75) is 63.8 Å². The highest BCUT2D eigenvalue weighted by Gasteiger charge is 2.50. The molecule has 10 heteroatoms. The molecule has 4 rings (SSSR count). The van der Waals surface area contributed by atoms with E-state index >= 15 is 0 Å². The monoisotopic (exact) mass is 636 g/mol. The molecular formula is C22H24BrClFIN4O2. The summed E-state index contributed by atoms with van der Waals surface area (Å²) in [6, 6.07) is 1.22. The van der Waals surface area contributed by atoms with Crippen LogP contribution in [0.3, 0.4) is 0 Å². The highest BCUT2D eigenvalue weighted by molar-refractivity contribution is 14.1. The number of carbonyl (C=O) groups excluding carboxylic acids is 1. The van der Waals surface area contributed by atoms with Gasteiger partial charge in [0.15, 0.2) is 5.82 Å². The van der Waals surface area contributed by atoms with Crippen LogP contribution in [-0.4, -0.2) is 51.2 Å². The van der Waals surface area contributed by atoms with Gasteiger partial charge in [-0.1, -0.05) is 6.08 Å². The molecule has 0 radical (unpaired) electrons. The number of rotatable bonds is 3. The van der Waals surface area contributed by atoms with Gasteiger partial charge in [-0.05, 0) is 96.2 Å². The first-order valence-corrected chi connectivity index (χ1v) is 12.7. The maximum absolute atomic E-state index is 14.8. The summed E-state index contributed by atoms with van der Waals surface area (Å²) < 4.78 is 22.0. The van der Waals surface area contributed by atoms with Gasteiger partial charge in [0.2, 0.25) is 5.28 Å². The summed E-state index contributed by atoms with van der Waals surface area (Å²) in [4.78, 5) is 25.7. The summed E-state index contributed by atoms with van der Waals surface area (Å²) in [5, 5.41) is 0.566. The normalized spacial score (nSPS) is 23.0. The van der Waals surface area contributed by atoms with E-state index in [-0.39, 0.29) is 35.0 Å². The van der Waals surface area contributed by atoms with E-state index in [2.05, 4.69) is 60.0 Å². The standard InChI is InChI=1S/C22H24BrClFIN4O2/c1-5-6-14-15-8-7-11(30(15)21(31)32-22(2,3)4)10-29(14)19-16-17(23)13(26)9-12(25)18(16)27-20(24)28-19/h5,9,11,14-15H,1,6-8,10H2,2-4H3/t11-,14-,15+/m1/s1. The minimum absolute atomic E-state index is 0.0150. The van der Waals surface area contributed by atoms with Gasteiger partial charge in [0.05, 0.1) is 23.5 Å². The number of fused-ring (bicyclic) bond motifs is 3. The molecule has 2 aliphatic heterocycles. The molecule has 0 spiro atoms. The molecule has 3 heterocycles. The molecule has 32 heavy (non-hydrogen) atoms. The average molecular weight is 638 g/mol. The Morgan fingerprint density at radius 2 is 2.16 bits per heavy atom. The van der Waals surface area contributed by atoms with Crippen molar-refractivity contribution in [2.24, 2.45) is 0 Å². The van der Waals surface area contributed by atoms with Crippen LogP contribution in [0.25, 0.3) is 10.9 Å². The molecule has 0 saturated carbocycles. The summed E-state index contributed by atoms with van der Waals surface area (Å²) >= 11 is 11.9. The van der Waals surface area contributed by atoms with Gasteiger partial charge < -0.3 is 9.64 Å². The van der Waals surface area contributed by atoms with Crippen molar-refractivity contribution in [2.75, 3.05) is 11.4 Å². The molecule has 1 aromatic carbocycles. The number of piperazine rings is 1. The highest BCUT2D eigenvalue weighted by atomic mass is 127. The molecule has 2 aromatic rings. The van der Waals surface area contributed by atoms with E-state index in [0.29, 0.717) is 24.2 Å². The number of nitrogens with zero attached hydrogens (tertiary/aromatic N) is 4. The number of anilines is 1. The Labute approximate surface area is 213 Å². The molecule has 0 unspecified atom stereocenters. The third kappa shape index (κ3) is 4.32. The zero-order valence-electron chi connectivity index (χ0n) is 18.0. The molecule has 2 bridgehead atoms. The predicted molar refractivity (Wildman–Crippen MR) is 136 cm³/mol. The smallest absolute Gasteiger partial charge is 0.410 e. The van der Waals surface area contributed by atoms with Gasteiger partial charge in [0.1, 0.15) is 16.9 Å². The zero-order valence-corrected chi connectivity index (χ0v) is 22.5. The third-order valence-corrected chi connectivity index (χ3v) is 8.44. The molecule has 1 amide bonds. The number of ether oxygens (including phenoxy) is 1. The third-order valence-electron chi connectivity index (χ3n) is 5.85. The van der Waals surface area contributed by atoms with Crippen LogP contribution in [-0.2, 0) is 4.74 Å². The predicted octanol–water partition coefficient (Wildman–Crippen LogP) is 6.32. The summed E-state index contributed by atoms with van der Waals surface area (Å²) in [7, 11) is 0. The van der Waals surface area contributed by atoms with E-state index in [4.69, 9.17) is 16.3 Å². The van der Waals surface area contributed by atoms with E-state index in [1.165, 1.54) is 6.07 Å². The Hall–Kier alpha value is -1.20. The molecule has 6 nitrogen and oxygen atoms in total. The van der Waals surface area contributed by atoms with Crippen LogP contribution in [0.15, 0.2) is 23.2 Å². The molecule has 0 N–H and O–H groups in total. The number of hydrogen-bond donors (Lipinski definition) is 0. The maximum Gasteiger partial charge on any atom is 0.410 e. The Morgan fingerprint density at radius 1 is 1.44 bits per heavy atom. The van der Waals surface area contributed by atoms with Gasteiger partial charge in [0, 0.05) is 14.6 Å². The summed E-state index contributed by atoms with van der Waals surface area (Å²) in [5.41, 5.74) is -0.400. The number of benzene rings is 1. The van der Waals surface area contributed by atoms with Crippen molar-refractivity contribution in [1.29, 1.82) is 0 Å². The second kappa shape index (κ2) is 8.87. The van der Waals surface area contributed by atoms with Crippen molar-refractivity contribution in [3.8, 4) is 0 Å². The van der Waals surface area contributed by atoms with Crippen molar-refractivity contribution in [3.63, 3.8) is 0 Å². The number of hydrogen-bond acceptors (Lipinski definition) is 5. The van der Waals surface area contributed by atoms with E-state index < -0.39 is 11.4 Å². The Morgan fingerprint density at radius 3 is 2.81 bits per heavy atom. The van der Waals surface area contributed by atoms with E-state index in [9.17, 15) is 9.18 Å².